The highest BCUT2D eigenvalue weighted by atomic mass is 35.5. The maximum absolute atomic E-state index is 10.8. The molecule has 2 aromatic rings. The van der Waals surface area contributed by atoms with Crippen molar-refractivity contribution in [2.75, 3.05) is 5.73 Å². The minimum absolute atomic E-state index is 0.0893. The van der Waals surface area contributed by atoms with Gasteiger partial charge in [0.2, 0.25) is 0 Å². The molecule has 1 aromatic heterocycles. The second-order valence-electron chi connectivity index (χ2n) is 3.45. The van der Waals surface area contributed by atoms with Crippen molar-refractivity contribution in [2.45, 2.75) is 9.92 Å². The molecule has 4 nitrogen and oxygen atoms in total. The van der Waals surface area contributed by atoms with Crippen molar-refractivity contribution in [1.82, 2.24) is 4.98 Å². The van der Waals surface area contributed by atoms with Crippen molar-refractivity contribution in [3.8, 4) is 0 Å². The van der Waals surface area contributed by atoms with Gasteiger partial charge in [-0.15, -0.1) is 0 Å². The van der Waals surface area contributed by atoms with Gasteiger partial charge in [-0.05, 0) is 30.3 Å². The van der Waals surface area contributed by atoms with Crippen LogP contribution in [0.1, 0.15) is 10.4 Å². The lowest BCUT2D eigenvalue weighted by Gasteiger charge is -2.05. The van der Waals surface area contributed by atoms with Crippen molar-refractivity contribution < 1.29 is 9.90 Å². The zero-order valence-corrected chi connectivity index (χ0v) is 10.7. The van der Waals surface area contributed by atoms with Crippen molar-refractivity contribution in [3.05, 3.63) is 47.1 Å². The number of hydrogen-bond acceptors (Lipinski definition) is 4. The first-order chi connectivity index (χ1) is 8.58. The molecule has 0 unspecified atom stereocenters. The number of halogens is 1. The molecule has 0 aliphatic heterocycles. The highest BCUT2D eigenvalue weighted by Crippen LogP contribution is 2.32. The van der Waals surface area contributed by atoms with E-state index in [1.54, 1.807) is 30.5 Å². The number of nitrogens with zero attached hydrogens (tertiary/aromatic N) is 1. The average molecular weight is 281 g/mol. The number of anilines is 1. The van der Waals surface area contributed by atoms with Crippen LogP contribution in [0.4, 0.5) is 5.69 Å². The lowest BCUT2D eigenvalue weighted by Crippen LogP contribution is -2.01. The van der Waals surface area contributed by atoms with Gasteiger partial charge in [0.05, 0.1) is 10.6 Å². The van der Waals surface area contributed by atoms with E-state index in [9.17, 15) is 4.79 Å². The molecule has 18 heavy (non-hydrogen) atoms. The summed E-state index contributed by atoms with van der Waals surface area (Å²) in [6.45, 7) is 0. The van der Waals surface area contributed by atoms with Gasteiger partial charge < -0.3 is 10.8 Å². The highest BCUT2D eigenvalue weighted by molar-refractivity contribution is 7.99. The number of pyridine rings is 1. The summed E-state index contributed by atoms with van der Waals surface area (Å²) in [6, 6.07) is 8.23. The number of aromatic nitrogens is 1. The van der Waals surface area contributed by atoms with Gasteiger partial charge in [0, 0.05) is 16.8 Å². The molecule has 6 heteroatoms. The monoisotopic (exact) mass is 280 g/mol. The summed E-state index contributed by atoms with van der Waals surface area (Å²) < 4.78 is 0. The van der Waals surface area contributed by atoms with Crippen LogP contribution < -0.4 is 5.73 Å². The second kappa shape index (κ2) is 5.29. The van der Waals surface area contributed by atoms with E-state index in [4.69, 9.17) is 22.4 Å². The van der Waals surface area contributed by atoms with Gasteiger partial charge in [0.15, 0.2) is 0 Å². The summed E-state index contributed by atoms with van der Waals surface area (Å²) in [6.07, 6.45) is 1.64. The Kier molecular flexibility index (Phi) is 3.74. The number of carboxylic acid groups (broad SMARTS) is 1. The number of hydrogen-bond donors (Lipinski definition) is 2. The van der Waals surface area contributed by atoms with Gasteiger partial charge in [-0.1, -0.05) is 23.4 Å². The molecule has 0 spiro atoms. The molecular weight excluding hydrogens is 272 g/mol. The first-order valence-corrected chi connectivity index (χ1v) is 6.18. The third kappa shape index (κ3) is 2.75. The summed E-state index contributed by atoms with van der Waals surface area (Å²) in [5.74, 6) is -1.04. The third-order valence-corrected chi connectivity index (χ3v) is 3.62. The SMILES string of the molecule is Nc1cc(Sc2ncccc2Cl)ccc1C(=O)O. The predicted molar refractivity (Wildman–Crippen MR) is 71.2 cm³/mol. The molecule has 1 heterocycles. The number of carbonyl (C=O) groups is 1. The number of aromatic carboxylic acids is 1. The smallest absolute Gasteiger partial charge is 0.337 e. The number of carboxylic acids is 1. The number of benzene rings is 1. The molecule has 0 bridgehead atoms. The Morgan fingerprint density at radius 1 is 1.39 bits per heavy atom. The van der Waals surface area contributed by atoms with E-state index < -0.39 is 5.97 Å². The van der Waals surface area contributed by atoms with E-state index in [1.807, 2.05) is 0 Å². The maximum atomic E-state index is 10.8. The fourth-order valence-corrected chi connectivity index (χ4v) is 2.42. The van der Waals surface area contributed by atoms with Gasteiger partial charge in [-0.2, -0.15) is 0 Å². The Balaban J connectivity index is 2.29. The van der Waals surface area contributed by atoms with E-state index in [0.29, 0.717) is 10.0 Å². The van der Waals surface area contributed by atoms with Crippen LogP contribution in [-0.4, -0.2) is 16.1 Å². The lowest BCUT2D eigenvalue weighted by molar-refractivity contribution is 0.0698. The molecule has 2 rings (SSSR count). The lowest BCUT2D eigenvalue weighted by atomic mass is 10.2. The third-order valence-electron chi connectivity index (χ3n) is 2.19. The quantitative estimate of drug-likeness (QED) is 0.845. The average Bonchev–Trinajstić information content (AvgIpc) is 2.32. The number of rotatable bonds is 3. The molecule has 0 saturated carbocycles. The largest absolute Gasteiger partial charge is 0.478 e. The van der Waals surface area contributed by atoms with E-state index in [2.05, 4.69) is 4.98 Å². The minimum Gasteiger partial charge on any atom is -0.478 e. The molecule has 0 saturated heterocycles. The van der Waals surface area contributed by atoms with Crippen LogP contribution in [0.2, 0.25) is 5.02 Å². The van der Waals surface area contributed by atoms with Crippen LogP contribution in [-0.2, 0) is 0 Å². The van der Waals surface area contributed by atoms with Crippen LogP contribution in [0.15, 0.2) is 46.5 Å². The van der Waals surface area contributed by atoms with Crippen molar-refractivity contribution >= 4 is 35.0 Å². The number of nitrogen functional groups attached to an aromatic ring is 1. The van der Waals surface area contributed by atoms with Gasteiger partial charge in [-0.3, -0.25) is 0 Å². The Hall–Kier alpha value is -1.72. The van der Waals surface area contributed by atoms with Crippen LogP contribution in [0.3, 0.4) is 0 Å². The Morgan fingerprint density at radius 2 is 2.17 bits per heavy atom. The maximum Gasteiger partial charge on any atom is 0.337 e. The second-order valence-corrected chi connectivity index (χ2v) is 4.92. The molecular formula is C12H9ClN2O2S. The van der Waals surface area contributed by atoms with Crippen LogP contribution in [0.25, 0.3) is 0 Å². The Morgan fingerprint density at radius 3 is 2.78 bits per heavy atom. The highest BCUT2D eigenvalue weighted by Gasteiger charge is 2.10. The summed E-state index contributed by atoms with van der Waals surface area (Å²) in [4.78, 5) is 15.7. The zero-order valence-electron chi connectivity index (χ0n) is 9.13. The van der Waals surface area contributed by atoms with Crippen molar-refractivity contribution in [2.24, 2.45) is 0 Å². The Bertz CT molecular complexity index is 604. The molecule has 3 N–H and O–H groups in total. The van der Waals surface area contributed by atoms with Gasteiger partial charge in [-0.25, -0.2) is 9.78 Å². The summed E-state index contributed by atoms with van der Waals surface area (Å²) >= 11 is 7.32. The van der Waals surface area contributed by atoms with E-state index in [0.717, 1.165) is 4.90 Å². The van der Waals surface area contributed by atoms with E-state index in [1.165, 1.54) is 17.8 Å². The van der Waals surface area contributed by atoms with Crippen LogP contribution in [0, 0.1) is 0 Å². The zero-order chi connectivity index (χ0) is 13.1. The van der Waals surface area contributed by atoms with Gasteiger partial charge >= 0.3 is 5.97 Å². The Labute approximate surface area is 113 Å². The summed E-state index contributed by atoms with van der Waals surface area (Å²) in [5.41, 5.74) is 5.98. The fourth-order valence-electron chi connectivity index (χ4n) is 1.36. The molecule has 0 atom stereocenters. The molecule has 0 amide bonds. The van der Waals surface area contributed by atoms with Crippen LogP contribution >= 0.6 is 23.4 Å². The minimum atomic E-state index is -1.04. The first-order valence-electron chi connectivity index (χ1n) is 4.99. The van der Waals surface area contributed by atoms with E-state index >= 15 is 0 Å². The fraction of sp³-hybridized carbons (Fsp3) is 0. The summed E-state index contributed by atoms with van der Waals surface area (Å²) in [7, 11) is 0. The molecule has 0 aliphatic carbocycles. The topological polar surface area (TPSA) is 76.2 Å². The normalized spacial score (nSPS) is 10.3. The van der Waals surface area contributed by atoms with Crippen LogP contribution in [0.5, 0.6) is 0 Å². The molecule has 1 aromatic carbocycles. The van der Waals surface area contributed by atoms with E-state index in [-0.39, 0.29) is 11.3 Å². The molecule has 0 radical (unpaired) electrons. The van der Waals surface area contributed by atoms with Crippen molar-refractivity contribution in [3.63, 3.8) is 0 Å². The first kappa shape index (κ1) is 12.7. The number of nitrogens with two attached hydrogens (primary N) is 1. The molecule has 0 aliphatic rings. The molecule has 92 valence electrons. The standard InChI is InChI=1S/C12H9ClN2O2S/c13-9-2-1-5-15-11(9)18-7-3-4-8(12(16)17)10(14)6-7/h1-6H,14H2,(H,16,17). The van der Waals surface area contributed by atoms with Gasteiger partial charge in [0.25, 0.3) is 0 Å². The van der Waals surface area contributed by atoms with Crippen molar-refractivity contribution in [1.29, 1.82) is 0 Å². The summed E-state index contributed by atoms with van der Waals surface area (Å²) in [5, 5.41) is 10.1. The predicted octanol–water partition coefficient (Wildman–Crippen LogP) is 3.17. The molecule has 0 fully saturated rings. The van der Waals surface area contributed by atoms with Gasteiger partial charge in [0.1, 0.15) is 5.03 Å².